The third-order valence-corrected chi connectivity index (χ3v) is 4.29. The Morgan fingerprint density at radius 1 is 0.950 bits per heavy atom. The van der Waals surface area contributed by atoms with E-state index in [4.69, 9.17) is 5.73 Å². The minimum atomic E-state index is -0.0206. The van der Waals surface area contributed by atoms with Crippen molar-refractivity contribution < 1.29 is 4.79 Å². The fraction of sp³-hybridized carbons (Fsp3) is 0.562. The van der Waals surface area contributed by atoms with Crippen molar-refractivity contribution in [2.24, 2.45) is 5.73 Å². The van der Waals surface area contributed by atoms with Crippen LogP contribution in [0.1, 0.15) is 32.1 Å². The second-order valence-corrected chi connectivity index (χ2v) is 5.89. The molecule has 4 heteroatoms. The third-order valence-electron chi connectivity index (χ3n) is 4.29. The molecule has 0 spiro atoms. The molecule has 2 heterocycles. The number of carbonyl (C=O) groups is 1. The summed E-state index contributed by atoms with van der Waals surface area (Å²) in [5.41, 5.74) is 8.09. The Morgan fingerprint density at radius 2 is 1.55 bits per heavy atom. The van der Waals surface area contributed by atoms with Gasteiger partial charge in [0.25, 0.3) is 0 Å². The number of nitrogens with two attached hydrogens (primary N) is 1. The fourth-order valence-corrected chi connectivity index (χ4v) is 3.16. The van der Waals surface area contributed by atoms with Gasteiger partial charge in [0.2, 0.25) is 5.91 Å². The van der Waals surface area contributed by atoms with Crippen LogP contribution >= 0.6 is 0 Å². The monoisotopic (exact) mass is 273 g/mol. The number of hydrogen-bond donors (Lipinski definition) is 1. The maximum Gasteiger partial charge on any atom is 0.228 e. The summed E-state index contributed by atoms with van der Waals surface area (Å²) in [4.78, 5) is 16.1. The van der Waals surface area contributed by atoms with Gasteiger partial charge in [0, 0.05) is 43.5 Å². The molecule has 0 bridgehead atoms. The lowest BCUT2D eigenvalue weighted by Crippen LogP contribution is -2.28. The smallest absolute Gasteiger partial charge is 0.228 e. The van der Waals surface area contributed by atoms with E-state index in [1.165, 1.54) is 31.4 Å². The van der Waals surface area contributed by atoms with Gasteiger partial charge in [-0.1, -0.05) is 12.8 Å². The average Bonchev–Trinajstić information content (AvgIpc) is 2.68. The van der Waals surface area contributed by atoms with E-state index in [0.29, 0.717) is 13.0 Å². The molecule has 0 aromatic heterocycles. The summed E-state index contributed by atoms with van der Waals surface area (Å²) in [6.07, 6.45) is 5.71. The van der Waals surface area contributed by atoms with E-state index < -0.39 is 0 Å². The van der Waals surface area contributed by atoms with Crippen molar-refractivity contribution in [3.63, 3.8) is 0 Å². The van der Waals surface area contributed by atoms with Crippen LogP contribution in [0.15, 0.2) is 24.3 Å². The van der Waals surface area contributed by atoms with Crippen LogP contribution in [0, 0.1) is 0 Å². The molecule has 20 heavy (non-hydrogen) atoms. The normalized spacial score (nSPS) is 24.1. The molecule has 2 fully saturated rings. The molecule has 2 aliphatic rings. The van der Waals surface area contributed by atoms with Crippen LogP contribution < -0.4 is 15.5 Å². The predicted octanol–water partition coefficient (Wildman–Crippen LogP) is 2.13. The number of anilines is 2. The fourth-order valence-electron chi connectivity index (χ4n) is 3.16. The lowest BCUT2D eigenvalue weighted by atomic mass is 10.2. The van der Waals surface area contributed by atoms with Gasteiger partial charge in [0.15, 0.2) is 0 Å². The van der Waals surface area contributed by atoms with E-state index in [2.05, 4.69) is 29.2 Å². The molecule has 2 N–H and O–H groups in total. The zero-order chi connectivity index (χ0) is 13.9. The van der Waals surface area contributed by atoms with E-state index in [9.17, 15) is 4.79 Å². The molecule has 1 aromatic carbocycles. The van der Waals surface area contributed by atoms with E-state index >= 15 is 0 Å². The van der Waals surface area contributed by atoms with Crippen molar-refractivity contribution in [2.75, 3.05) is 29.4 Å². The number of carbonyl (C=O) groups excluding carboxylic acids is 1. The van der Waals surface area contributed by atoms with Crippen LogP contribution in [0.25, 0.3) is 0 Å². The molecule has 1 atom stereocenters. The standard InChI is InChI=1S/C16H23N3O/c17-13-11-16(20)19(12-13)15-7-5-14(6-8-15)18-9-3-1-2-4-10-18/h5-8,13H,1-4,9-12,17H2. The summed E-state index contributed by atoms with van der Waals surface area (Å²) < 4.78 is 0. The van der Waals surface area contributed by atoms with Gasteiger partial charge in [-0.2, -0.15) is 0 Å². The molecule has 0 saturated carbocycles. The average molecular weight is 273 g/mol. The van der Waals surface area contributed by atoms with Gasteiger partial charge in [-0.05, 0) is 37.1 Å². The Morgan fingerprint density at radius 3 is 2.10 bits per heavy atom. The minimum Gasteiger partial charge on any atom is -0.372 e. The Bertz CT molecular complexity index is 463. The predicted molar refractivity (Wildman–Crippen MR) is 82.1 cm³/mol. The lowest BCUT2D eigenvalue weighted by Gasteiger charge is -2.24. The van der Waals surface area contributed by atoms with E-state index in [0.717, 1.165) is 18.8 Å². The van der Waals surface area contributed by atoms with Gasteiger partial charge in [-0.15, -0.1) is 0 Å². The maximum atomic E-state index is 11.9. The summed E-state index contributed by atoms with van der Waals surface area (Å²) in [6, 6.07) is 8.36. The lowest BCUT2D eigenvalue weighted by molar-refractivity contribution is -0.117. The zero-order valence-corrected chi connectivity index (χ0v) is 11.9. The first-order chi connectivity index (χ1) is 9.74. The van der Waals surface area contributed by atoms with Crippen molar-refractivity contribution >= 4 is 17.3 Å². The van der Waals surface area contributed by atoms with Crippen LogP contribution in [0.4, 0.5) is 11.4 Å². The number of amides is 1. The summed E-state index contributed by atoms with van der Waals surface area (Å²) in [5.74, 6) is 0.139. The highest BCUT2D eigenvalue weighted by molar-refractivity contribution is 5.96. The molecule has 4 nitrogen and oxygen atoms in total. The molecule has 0 aliphatic carbocycles. The topological polar surface area (TPSA) is 49.6 Å². The van der Waals surface area contributed by atoms with Crippen molar-refractivity contribution in [2.45, 2.75) is 38.1 Å². The molecule has 108 valence electrons. The van der Waals surface area contributed by atoms with E-state index in [-0.39, 0.29) is 11.9 Å². The Labute approximate surface area is 120 Å². The van der Waals surface area contributed by atoms with Crippen LogP contribution in [0.5, 0.6) is 0 Å². The number of rotatable bonds is 2. The third kappa shape index (κ3) is 2.80. The van der Waals surface area contributed by atoms with Crippen molar-refractivity contribution in [1.82, 2.24) is 0 Å². The highest BCUT2D eigenvalue weighted by Gasteiger charge is 2.27. The van der Waals surface area contributed by atoms with Crippen LogP contribution in [0.2, 0.25) is 0 Å². The second kappa shape index (κ2) is 5.83. The first-order valence-electron chi connectivity index (χ1n) is 7.65. The summed E-state index contributed by atoms with van der Waals surface area (Å²) in [5, 5.41) is 0. The first kappa shape index (κ1) is 13.4. The van der Waals surface area contributed by atoms with Gasteiger partial charge < -0.3 is 15.5 Å². The second-order valence-electron chi connectivity index (χ2n) is 5.89. The minimum absolute atomic E-state index is 0.0206. The molecule has 1 unspecified atom stereocenters. The summed E-state index contributed by atoms with van der Waals surface area (Å²) in [7, 11) is 0. The molecule has 1 aromatic rings. The number of hydrogen-bond acceptors (Lipinski definition) is 3. The number of benzene rings is 1. The van der Waals surface area contributed by atoms with Crippen LogP contribution in [0.3, 0.4) is 0 Å². The molecule has 2 saturated heterocycles. The molecular formula is C16H23N3O. The van der Waals surface area contributed by atoms with Crippen molar-refractivity contribution in [3.05, 3.63) is 24.3 Å². The molecule has 3 rings (SSSR count). The van der Waals surface area contributed by atoms with Crippen molar-refractivity contribution in [1.29, 1.82) is 0 Å². The highest BCUT2D eigenvalue weighted by Crippen LogP contribution is 2.25. The SMILES string of the molecule is NC1CC(=O)N(c2ccc(N3CCCCCC3)cc2)C1. The quantitative estimate of drug-likeness (QED) is 0.898. The Hall–Kier alpha value is -1.55. The van der Waals surface area contributed by atoms with Gasteiger partial charge in [-0.25, -0.2) is 0 Å². The van der Waals surface area contributed by atoms with Gasteiger partial charge >= 0.3 is 0 Å². The molecule has 2 aliphatic heterocycles. The summed E-state index contributed by atoms with van der Waals surface area (Å²) >= 11 is 0. The maximum absolute atomic E-state index is 11.9. The van der Waals surface area contributed by atoms with Gasteiger partial charge in [0.05, 0.1) is 0 Å². The zero-order valence-electron chi connectivity index (χ0n) is 11.9. The molecular weight excluding hydrogens is 250 g/mol. The Kier molecular flexibility index (Phi) is 3.92. The Balaban J connectivity index is 1.72. The van der Waals surface area contributed by atoms with E-state index in [1.807, 2.05) is 0 Å². The van der Waals surface area contributed by atoms with Crippen molar-refractivity contribution in [3.8, 4) is 0 Å². The van der Waals surface area contributed by atoms with Gasteiger partial charge in [0.1, 0.15) is 0 Å². The molecule has 0 radical (unpaired) electrons. The van der Waals surface area contributed by atoms with Crippen LogP contribution in [-0.2, 0) is 4.79 Å². The highest BCUT2D eigenvalue weighted by atomic mass is 16.2. The van der Waals surface area contributed by atoms with Gasteiger partial charge in [-0.3, -0.25) is 4.79 Å². The first-order valence-corrected chi connectivity index (χ1v) is 7.65. The largest absolute Gasteiger partial charge is 0.372 e. The number of nitrogens with zero attached hydrogens (tertiary/aromatic N) is 2. The molecule has 1 amide bonds. The summed E-state index contributed by atoms with van der Waals surface area (Å²) in [6.45, 7) is 2.93. The van der Waals surface area contributed by atoms with Crippen LogP contribution in [-0.4, -0.2) is 31.6 Å². The van der Waals surface area contributed by atoms with E-state index in [1.54, 1.807) is 4.90 Å².